The fourth-order valence-electron chi connectivity index (χ4n) is 1.97. The minimum absolute atomic E-state index is 0. The number of aliphatic carboxylic acids is 1. The van der Waals surface area contributed by atoms with Gasteiger partial charge < -0.3 is 9.90 Å². The van der Waals surface area contributed by atoms with Crippen molar-refractivity contribution in [3.8, 4) is 0 Å². The number of nitrogens with zero attached hydrogens (tertiary/aromatic N) is 1. The summed E-state index contributed by atoms with van der Waals surface area (Å²) in [7, 11) is 0. The standard InChI is InChI=1S/C11H13NO3S.Na/c1-3-5-7-8(11(14)15)12-9(13)6(4-2)10(12)16-7;/h4,10H,3,5H2,1-2H3,(H,14,15);/q;+1/p-1/b6-4-;. The van der Waals surface area contributed by atoms with Crippen LogP contribution in [0.25, 0.3) is 0 Å². The largest absolute Gasteiger partial charge is 1.00 e. The van der Waals surface area contributed by atoms with E-state index in [1.54, 1.807) is 13.0 Å². The van der Waals surface area contributed by atoms with E-state index in [0.717, 1.165) is 11.3 Å². The second kappa shape index (κ2) is 5.61. The van der Waals surface area contributed by atoms with Crippen molar-refractivity contribution in [2.45, 2.75) is 32.1 Å². The van der Waals surface area contributed by atoms with Crippen molar-refractivity contribution in [2.24, 2.45) is 0 Å². The van der Waals surface area contributed by atoms with Crippen molar-refractivity contribution in [1.82, 2.24) is 4.90 Å². The Bertz CT molecular complexity index is 430. The Balaban J connectivity index is 0.00000144. The third-order valence-electron chi connectivity index (χ3n) is 2.71. The van der Waals surface area contributed by atoms with E-state index in [1.165, 1.54) is 16.7 Å². The molecule has 2 rings (SSSR count). The molecule has 0 radical (unpaired) electrons. The van der Waals surface area contributed by atoms with Gasteiger partial charge in [0.15, 0.2) is 0 Å². The number of allylic oxidation sites excluding steroid dienone is 2. The molecular weight excluding hydrogens is 249 g/mol. The van der Waals surface area contributed by atoms with E-state index in [9.17, 15) is 14.7 Å². The summed E-state index contributed by atoms with van der Waals surface area (Å²) in [5.74, 6) is -1.45. The number of carboxylic acid groups (broad SMARTS) is 1. The van der Waals surface area contributed by atoms with Crippen LogP contribution in [-0.4, -0.2) is 22.2 Å². The van der Waals surface area contributed by atoms with Gasteiger partial charge in [0.1, 0.15) is 5.37 Å². The van der Waals surface area contributed by atoms with Gasteiger partial charge in [0.2, 0.25) is 0 Å². The first-order chi connectivity index (χ1) is 7.61. The molecular formula is C11H12NNaO3S. The zero-order chi connectivity index (χ0) is 11.9. The zero-order valence-electron chi connectivity index (χ0n) is 10.1. The molecule has 0 N–H and O–H groups in total. The van der Waals surface area contributed by atoms with E-state index >= 15 is 0 Å². The van der Waals surface area contributed by atoms with E-state index < -0.39 is 5.97 Å². The molecule has 0 aliphatic carbocycles. The Morgan fingerprint density at radius 2 is 2.24 bits per heavy atom. The molecule has 4 nitrogen and oxygen atoms in total. The number of hydrogen-bond acceptors (Lipinski definition) is 4. The molecule has 1 amide bonds. The van der Waals surface area contributed by atoms with Gasteiger partial charge in [-0.3, -0.25) is 9.69 Å². The molecule has 0 saturated carbocycles. The van der Waals surface area contributed by atoms with E-state index in [2.05, 4.69) is 0 Å². The average molecular weight is 261 g/mol. The molecule has 2 aliphatic heterocycles. The molecule has 1 atom stereocenters. The number of rotatable bonds is 3. The molecule has 0 aromatic carbocycles. The number of hydrogen-bond donors (Lipinski definition) is 0. The summed E-state index contributed by atoms with van der Waals surface area (Å²) in [4.78, 5) is 24.8. The number of thioether (sulfide) groups is 1. The molecule has 2 aliphatic rings. The Hall–Kier alpha value is -0.230. The smallest absolute Gasteiger partial charge is 0.543 e. The number of carbonyl (C=O) groups excluding carboxylic acids is 2. The summed E-state index contributed by atoms with van der Waals surface area (Å²) in [6.07, 6.45) is 3.29. The monoisotopic (exact) mass is 261 g/mol. The molecule has 6 heteroatoms. The van der Waals surface area contributed by atoms with Crippen molar-refractivity contribution < 1.29 is 44.3 Å². The molecule has 1 fully saturated rings. The van der Waals surface area contributed by atoms with Gasteiger partial charge >= 0.3 is 29.6 Å². The first-order valence-corrected chi connectivity index (χ1v) is 6.10. The minimum atomic E-state index is -1.25. The second-order valence-electron chi connectivity index (χ2n) is 3.70. The van der Waals surface area contributed by atoms with Gasteiger partial charge in [-0.25, -0.2) is 0 Å². The first kappa shape index (κ1) is 14.8. The molecule has 0 aromatic rings. The molecule has 0 aromatic heterocycles. The molecule has 1 unspecified atom stereocenters. The van der Waals surface area contributed by atoms with Crippen LogP contribution in [0.1, 0.15) is 26.7 Å². The average Bonchev–Trinajstić information content (AvgIpc) is 2.55. The number of amides is 1. The summed E-state index contributed by atoms with van der Waals surface area (Å²) in [6.45, 7) is 3.77. The Kier molecular flexibility index (Phi) is 4.89. The van der Waals surface area contributed by atoms with Crippen molar-refractivity contribution in [3.05, 3.63) is 22.3 Å². The van der Waals surface area contributed by atoms with Crippen molar-refractivity contribution >= 4 is 23.6 Å². The fourth-order valence-corrected chi connectivity index (χ4v) is 3.52. The number of carbonyl (C=O) groups is 2. The normalized spacial score (nSPS) is 24.6. The number of carboxylic acids is 1. The molecule has 0 bridgehead atoms. The van der Waals surface area contributed by atoms with Crippen molar-refractivity contribution in [3.63, 3.8) is 0 Å². The quantitative estimate of drug-likeness (QED) is 0.323. The van der Waals surface area contributed by atoms with Crippen LogP contribution in [0.3, 0.4) is 0 Å². The Morgan fingerprint density at radius 1 is 1.59 bits per heavy atom. The van der Waals surface area contributed by atoms with Crippen molar-refractivity contribution in [2.75, 3.05) is 0 Å². The van der Waals surface area contributed by atoms with Gasteiger partial charge in [0.05, 0.1) is 11.7 Å². The maximum absolute atomic E-state index is 11.7. The van der Waals surface area contributed by atoms with Crippen LogP contribution in [0.2, 0.25) is 0 Å². The summed E-state index contributed by atoms with van der Waals surface area (Å²) < 4.78 is 0. The Morgan fingerprint density at radius 3 is 2.71 bits per heavy atom. The van der Waals surface area contributed by atoms with E-state index in [-0.39, 0.29) is 46.5 Å². The molecule has 2 heterocycles. The third-order valence-corrected chi connectivity index (χ3v) is 4.08. The van der Waals surface area contributed by atoms with Gasteiger partial charge in [0.25, 0.3) is 5.91 Å². The molecule has 86 valence electrons. The van der Waals surface area contributed by atoms with E-state index in [0.29, 0.717) is 12.0 Å². The predicted octanol–water partition coefficient (Wildman–Crippen LogP) is -2.39. The third kappa shape index (κ3) is 2.21. The summed E-state index contributed by atoms with van der Waals surface area (Å²) in [6, 6.07) is 0. The zero-order valence-corrected chi connectivity index (χ0v) is 13.0. The van der Waals surface area contributed by atoms with Gasteiger partial charge in [-0.1, -0.05) is 31.2 Å². The van der Waals surface area contributed by atoms with Gasteiger partial charge in [-0.05, 0) is 13.3 Å². The van der Waals surface area contributed by atoms with Crippen LogP contribution in [0.5, 0.6) is 0 Å². The van der Waals surface area contributed by atoms with Crippen LogP contribution in [0, 0.1) is 0 Å². The SMILES string of the molecule is C/C=C1/C(=O)N2C(C(=O)[O-])=C(CCC)SC12.[Na+]. The van der Waals surface area contributed by atoms with Crippen molar-refractivity contribution in [1.29, 1.82) is 0 Å². The molecule has 17 heavy (non-hydrogen) atoms. The number of fused-ring (bicyclic) bond motifs is 1. The van der Waals surface area contributed by atoms with Crippen LogP contribution in [0.15, 0.2) is 22.3 Å². The van der Waals surface area contributed by atoms with E-state index in [4.69, 9.17) is 0 Å². The van der Waals surface area contributed by atoms with Crippen LogP contribution < -0.4 is 34.7 Å². The Labute approximate surface area is 126 Å². The van der Waals surface area contributed by atoms with Crippen LogP contribution >= 0.6 is 11.8 Å². The van der Waals surface area contributed by atoms with E-state index in [1.807, 2.05) is 6.92 Å². The first-order valence-electron chi connectivity index (χ1n) is 5.22. The maximum atomic E-state index is 11.7. The number of β-lactam (4-membered cyclic amide) rings is 1. The van der Waals surface area contributed by atoms with Crippen LogP contribution in [-0.2, 0) is 9.59 Å². The van der Waals surface area contributed by atoms with Gasteiger partial charge in [-0.2, -0.15) is 0 Å². The second-order valence-corrected chi connectivity index (χ2v) is 4.87. The van der Waals surface area contributed by atoms with Crippen LogP contribution in [0.4, 0.5) is 0 Å². The summed E-state index contributed by atoms with van der Waals surface area (Å²) >= 11 is 1.45. The minimum Gasteiger partial charge on any atom is -0.543 e. The predicted molar refractivity (Wildman–Crippen MR) is 58.9 cm³/mol. The molecule has 0 spiro atoms. The van der Waals surface area contributed by atoms with Gasteiger partial charge in [-0.15, -0.1) is 0 Å². The molecule has 1 saturated heterocycles. The fraction of sp³-hybridized carbons (Fsp3) is 0.455. The summed E-state index contributed by atoms with van der Waals surface area (Å²) in [5, 5.41) is 10.9. The summed E-state index contributed by atoms with van der Waals surface area (Å²) in [5.41, 5.74) is 0.766. The topological polar surface area (TPSA) is 60.4 Å². The van der Waals surface area contributed by atoms with Gasteiger partial charge in [0, 0.05) is 10.5 Å². The maximum Gasteiger partial charge on any atom is 1.00 e.